The van der Waals surface area contributed by atoms with E-state index in [1.54, 1.807) is 54.9 Å². The lowest BCUT2D eigenvalue weighted by Gasteiger charge is -2.23. The summed E-state index contributed by atoms with van der Waals surface area (Å²) in [5.74, 6) is -0.921. The molecule has 0 radical (unpaired) electrons. The SMILES string of the molecule is O=S(=O)(CC(F)(F)F)Nc1ccc(Oc2ncccc2-c2ccnc(N[C@@H]3CCCNC3)n2)c2ccccc12. The lowest BCUT2D eigenvalue weighted by Crippen LogP contribution is -2.38. The molecule has 1 aliphatic rings. The van der Waals surface area contributed by atoms with Crippen molar-refractivity contribution in [2.45, 2.75) is 25.1 Å². The Kier molecular flexibility index (Phi) is 7.53. The molecule has 5 rings (SSSR count). The van der Waals surface area contributed by atoms with Crippen molar-refractivity contribution in [1.82, 2.24) is 20.3 Å². The molecule has 1 saturated heterocycles. The predicted octanol–water partition coefficient (Wildman–Crippen LogP) is 4.95. The number of nitrogens with zero attached hydrogens (tertiary/aromatic N) is 3. The van der Waals surface area contributed by atoms with Gasteiger partial charge >= 0.3 is 6.18 Å². The lowest BCUT2D eigenvalue weighted by atomic mass is 10.1. The first-order valence-electron chi connectivity index (χ1n) is 12.2. The zero-order valence-corrected chi connectivity index (χ0v) is 21.4. The summed E-state index contributed by atoms with van der Waals surface area (Å²) in [6, 6.07) is 15.0. The van der Waals surface area contributed by atoms with E-state index in [4.69, 9.17) is 4.74 Å². The van der Waals surface area contributed by atoms with Crippen molar-refractivity contribution in [2.75, 3.05) is 28.9 Å². The smallest absolute Gasteiger partial charge is 0.404 e. The van der Waals surface area contributed by atoms with Gasteiger partial charge in [0.1, 0.15) is 5.75 Å². The van der Waals surface area contributed by atoms with Crippen LogP contribution in [0.5, 0.6) is 11.6 Å². The molecule has 0 saturated carbocycles. The van der Waals surface area contributed by atoms with Crippen LogP contribution in [0.3, 0.4) is 0 Å². The maximum atomic E-state index is 12.7. The van der Waals surface area contributed by atoms with Crippen LogP contribution in [0.1, 0.15) is 12.8 Å². The van der Waals surface area contributed by atoms with E-state index in [1.165, 1.54) is 12.1 Å². The summed E-state index contributed by atoms with van der Waals surface area (Å²) in [4.78, 5) is 13.4. The largest absolute Gasteiger partial charge is 0.438 e. The molecule has 0 aliphatic carbocycles. The standard InChI is InChI=1S/C26H25F3N6O3S/c27-26(28,29)16-39(36,37)35-22-9-10-23(19-7-2-1-6-18(19)22)38-24-20(8-4-13-31-24)21-11-14-32-25(34-21)33-17-5-3-12-30-15-17/h1-2,4,6-11,13-14,17,30,35H,3,5,12,15-16H2,(H,32,33,34)/t17-/m1/s1. The summed E-state index contributed by atoms with van der Waals surface area (Å²) >= 11 is 0. The summed E-state index contributed by atoms with van der Waals surface area (Å²) in [6.45, 7) is 1.81. The summed E-state index contributed by atoms with van der Waals surface area (Å²) in [7, 11) is -4.67. The van der Waals surface area contributed by atoms with E-state index >= 15 is 0 Å². The van der Waals surface area contributed by atoms with Crippen molar-refractivity contribution in [3.05, 3.63) is 67.0 Å². The number of benzene rings is 2. The Morgan fingerprint density at radius 2 is 1.82 bits per heavy atom. The fraction of sp³-hybridized carbons (Fsp3) is 0.269. The molecular formula is C26H25F3N6O3S. The zero-order chi connectivity index (χ0) is 27.5. The van der Waals surface area contributed by atoms with Crippen molar-refractivity contribution < 1.29 is 26.3 Å². The number of rotatable bonds is 8. The summed E-state index contributed by atoms with van der Waals surface area (Å²) < 4.78 is 70.6. The van der Waals surface area contributed by atoms with E-state index in [0.29, 0.717) is 33.7 Å². The molecule has 13 heteroatoms. The average Bonchev–Trinajstić information content (AvgIpc) is 2.90. The van der Waals surface area contributed by atoms with Gasteiger partial charge in [0.05, 0.1) is 16.9 Å². The Morgan fingerprint density at radius 1 is 1.00 bits per heavy atom. The zero-order valence-electron chi connectivity index (χ0n) is 20.6. The summed E-state index contributed by atoms with van der Waals surface area (Å²) in [5, 5.41) is 7.54. The fourth-order valence-corrected chi connectivity index (χ4v) is 5.39. The second-order valence-corrected chi connectivity index (χ2v) is 10.8. The molecule has 1 aliphatic heterocycles. The monoisotopic (exact) mass is 558 g/mol. The minimum absolute atomic E-state index is 0.00663. The molecule has 0 bridgehead atoms. The molecule has 0 amide bonds. The van der Waals surface area contributed by atoms with Gasteiger partial charge < -0.3 is 15.4 Å². The summed E-state index contributed by atoms with van der Waals surface area (Å²) in [5.41, 5.74) is 1.19. The Hall–Kier alpha value is -3.97. The van der Waals surface area contributed by atoms with Gasteiger partial charge in [-0.3, -0.25) is 4.72 Å². The number of anilines is 2. The number of sulfonamides is 1. The molecule has 2 aromatic carbocycles. The second kappa shape index (κ2) is 11.0. The van der Waals surface area contributed by atoms with Crippen molar-refractivity contribution >= 4 is 32.4 Å². The van der Waals surface area contributed by atoms with Crippen LogP contribution < -0.4 is 20.1 Å². The van der Waals surface area contributed by atoms with Gasteiger partial charge in [0.25, 0.3) is 0 Å². The van der Waals surface area contributed by atoms with Gasteiger partial charge in [0.2, 0.25) is 21.9 Å². The fourth-order valence-electron chi connectivity index (χ4n) is 4.38. The maximum Gasteiger partial charge on any atom is 0.404 e. The minimum Gasteiger partial charge on any atom is -0.438 e. The first-order chi connectivity index (χ1) is 18.7. The molecule has 1 atom stereocenters. The van der Waals surface area contributed by atoms with Gasteiger partial charge in [0, 0.05) is 35.8 Å². The van der Waals surface area contributed by atoms with Gasteiger partial charge in [-0.1, -0.05) is 24.3 Å². The molecule has 9 nitrogen and oxygen atoms in total. The molecule has 1 fully saturated rings. The van der Waals surface area contributed by atoms with E-state index in [9.17, 15) is 21.6 Å². The maximum absolute atomic E-state index is 12.7. The van der Waals surface area contributed by atoms with Crippen LogP contribution in [-0.2, 0) is 10.0 Å². The van der Waals surface area contributed by atoms with Crippen LogP contribution in [0, 0.1) is 0 Å². The number of fused-ring (bicyclic) bond motifs is 1. The normalized spacial score (nSPS) is 16.1. The highest BCUT2D eigenvalue weighted by Gasteiger charge is 2.35. The number of hydrogen-bond donors (Lipinski definition) is 3. The van der Waals surface area contributed by atoms with Gasteiger partial charge in [-0.2, -0.15) is 13.2 Å². The van der Waals surface area contributed by atoms with Crippen molar-refractivity contribution in [1.29, 1.82) is 0 Å². The lowest BCUT2D eigenvalue weighted by molar-refractivity contribution is -0.106. The Labute approximate surface area is 222 Å². The highest BCUT2D eigenvalue weighted by Crippen LogP contribution is 2.37. The molecule has 3 N–H and O–H groups in total. The van der Waals surface area contributed by atoms with E-state index in [0.717, 1.165) is 25.9 Å². The number of pyridine rings is 1. The third-order valence-corrected chi connectivity index (χ3v) is 7.28. The van der Waals surface area contributed by atoms with E-state index < -0.39 is 22.0 Å². The topological polar surface area (TPSA) is 118 Å². The number of nitrogens with one attached hydrogen (secondary N) is 3. The van der Waals surface area contributed by atoms with E-state index in [2.05, 4.69) is 25.6 Å². The van der Waals surface area contributed by atoms with Gasteiger partial charge in [0.15, 0.2) is 5.75 Å². The molecule has 0 spiro atoms. The van der Waals surface area contributed by atoms with Gasteiger partial charge in [-0.25, -0.2) is 23.4 Å². The number of halogens is 3. The highest BCUT2D eigenvalue weighted by atomic mass is 32.2. The molecule has 3 heterocycles. The molecule has 39 heavy (non-hydrogen) atoms. The Morgan fingerprint density at radius 3 is 2.59 bits per heavy atom. The third-order valence-electron chi connectivity index (χ3n) is 6.04. The first-order valence-corrected chi connectivity index (χ1v) is 13.8. The average molecular weight is 559 g/mol. The molecular weight excluding hydrogens is 533 g/mol. The van der Waals surface area contributed by atoms with Crippen LogP contribution in [0.4, 0.5) is 24.8 Å². The third kappa shape index (κ3) is 6.73. The van der Waals surface area contributed by atoms with Crippen LogP contribution in [0.2, 0.25) is 0 Å². The minimum atomic E-state index is -4.87. The number of piperidine rings is 1. The van der Waals surface area contributed by atoms with Gasteiger partial charge in [-0.05, 0) is 49.7 Å². The van der Waals surface area contributed by atoms with Crippen molar-refractivity contribution in [3.63, 3.8) is 0 Å². The summed E-state index contributed by atoms with van der Waals surface area (Å²) in [6.07, 6.45) is 0.416. The highest BCUT2D eigenvalue weighted by molar-refractivity contribution is 7.92. The molecule has 204 valence electrons. The first kappa shape index (κ1) is 26.6. The number of aromatic nitrogens is 3. The molecule has 2 aromatic heterocycles. The quantitative estimate of drug-likeness (QED) is 0.278. The van der Waals surface area contributed by atoms with E-state index in [1.807, 2.05) is 4.72 Å². The van der Waals surface area contributed by atoms with Crippen LogP contribution >= 0.6 is 0 Å². The van der Waals surface area contributed by atoms with Crippen LogP contribution in [-0.4, -0.2) is 54.4 Å². The Balaban J connectivity index is 1.44. The van der Waals surface area contributed by atoms with Crippen molar-refractivity contribution in [3.8, 4) is 22.9 Å². The Bertz CT molecular complexity index is 1580. The number of hydrogen-bond acceptors (Lipinski definition) is 8. The van der Waals surface area contributed by atoms with Gasteiger partial charge in [-0.15, -0.1) is 0 Å². The second-order valence-electron chi connectivity index (χ2n) is 9.04. The van der Waals surface area contributed by atoms with Crippen molar-refractivity contribution in [2.24, 2.45) is 0 Å². The number of alkyl halides is 3. The van der Waals surface area contributed by atoms with Crippen LogP contribution in [0.15, 0.2) is 67.0 Å². The predicted molar refractivity (Wildman–Crippen MR) is 142 cm³/mol. The number of ether oxygens (including phenoxy) is 1. The molecule has 4 aromatic rings. The van der Waals surface area contributed by atoms with Crippen LogP contribution in [0.25, 0.3) is 22.0 Å². The molecule has 0 unspecified atom stereocenters. The van der Waals surface area contributed by atoms with E-state index in [-0.39, 0.29) is 17.6 Å².